The number of carboxylic acids is 1. The van der Waals surface area contributed by atoms with Crippen LogP contribution in [0.1, 0.15) is 0 Å². The van der Waals surface area contributed by atoms with Crippen molar-refractivity contribution in [3.05, 3.63) is 28.2 Å². The predicted octanol–water partition coefficient (Wildman–Crippen LogP) is 2.24. The van der Waals surface area contributed by atoms with Gasteiger partial charge in [0.25, 0.3) is 0 Å². The smallest absolute Gasteiger partial charge is 0.328 e. The van der Waals surface area contributed by atoms with Gasteiger partial charge in [-0.3, -0.25) is 0 Å². The molecule has 1 unspecified atom stereocenters. The van der Waals surface area contributed by atoms with E-state index in [1.54, 1.807) is 0 Å². The van der Waals surface area contributed by atoms with Crippen molar-refractivity contribution in [1.29, 1.82) is 0 Å². The average molecular weight is 310 g/mol. The first-order valence-electron chi connectivity index (χ1n) is 4.58. The van der Waals surface area contributed by atoms with Crippen LogP contribution < -0.4 is 5.32 Å². The van der Waals surface area contributed by atoms with Crippen LogP contribution >= 0.6 is 15.9 Å². The summed E-state index contributed by atoms with van der Waals surface area (Å²) in [7, 11) is 1.30. The third-order valence-corrected chi connectivity index (χ3v) is 2.41. The zero-order valence-corrected chi connectivity index (χ0v) is 10.4. The molecular formula is C10H10BrF2NO3. The van der Waals surface area contributed by atoms with E-state index < -0.39 is 29.3 Å². The van der Waals surface area contributed by atoms with Crippen molar-refractivity contribution in [1.82, 2.24) is 0 Å². The summed E-state index contributed by atoms with van der Waals surface area (Å²) >= 11 is 2.92. The quantitative estimate of drug-likeness (QED) is 0.876. The Morgan fingerprint density at radius 2 is 2.06 bits per heavy atom. The molecule has 94 valence electrons. The monoisotopic (exact) mass is 309 g/mol. The molecular weight excluding hydrogens is 300 g/mol. The highest BCUT2D eigenvalue weighted by Gasteiger charge is 2.21. The number of hydrogen-bond donors (Lipinski definition) is 2. The first-order valence-corrected chi connectivity index (χ1v) is 5.37. The second-order valence-electron chi connectivity index (χ2n) is 3.23. The molecule has 0 radical (unpaired) electrons. The predicted molar refractivity (Wildman–Crippen MR) is 61.0 cm³/mol. The van der Waals surface area contributed by atoms with Crippen LogP contribution in [-0.2, 0) is 9.53 Å². The van der Waals surface area contributed by atoms with Gasteiger partial charge < -0.3 is 15.2 Å². The number of methoxy groups -OCH3 is 1. The summed E-state index contributed by atoms with van der Waals surface area (Å²) in [6.45, 7) is -0.204. The molecule has 1 atom stereocenters. The molecule has 4 nitrogen and oxygen atoms in total. The van der Waals surface area contributed by atoms with Gasteiger partial charge in [-0.05, 0) is 12.1 Å². The number of nitrogens with one attached hydrogen (secondary N) is 1. The number of ether oxygens (including phenoxy) is 1. The molecule has 1 rings (SSSR count). The number of rotatable bonds is 5. The van der Waals surface area contributed by atoms with Gasteiger partial charge in [-0.25, -0.2) is 13.6 Å². The van der Waals surface area contributed by atoms with E-state index in [4.69, 9.17) is 5.11 Å². The molecule has 0 amide bonds. The lowest BCUT2D eigenvalue weighted by atomic mass is 10.2. The number of carboxylic acid groups (broad SMARTS) is 1. The van der Waals surface area contributed by atoms with Gasteiger partial charge in [0.1, 0.15) is 23.4 Å². The lowest BCUT2D eigenvalue weighted by molar-refractivity contribution is -0.139. The van der Waals surface area contributed by atoms with Gasteiger partial charge in [-0.1, -0.05) is 15.9 Å². The molecule has 17 heavy (non-hydrogen) atoms. The van der Waals surface area contributed by atoms with Crippen molar-refractivity contribution < 1.29 is 23.4 Å². The van der Waals surface area contributed by atoms with Crippen LogP contribution in [0.4, 0.5) is 14.5 Å². The molecule has 0 aliphatic carbocycles. The van der Waals surface area contributed by atoms with E-state index in [-0.39, 0.29) is 11.1 Å². The van der Waals surface area contributed by atoms with Crippen LogP contribution in [0.25, 0.3) is 0 Å². The van der Waals surface area contributed by atoms with E-state index in [1.807, 2.05) is 0 Å². The van der Waals surface area contributed by atoms with Gasteiger partial charge in [-0.2, -0.15) is 0 Å². The van der Waals surface area contributed by atoms with Gasteiger partial charge in [-0.15, -0.1) is 0 Å². The highest BCUT2D eigenvalue weighted by molar-refractivity contribution is 9.10. The van der Waals surface area contributed by atoms with Crippen molar-refractivity contribution in [3.8, 4) is 0 Å². The number of halogens is 3. The van der Waals surface area contributed by atoms with Crippen LogP contribution in [0.3, 0.4) is 0 Å². The number of aliphatic carboxylic acids is 1. The normalized spacial score (nSPS) is 12.2. The third-order valence-electron chi connectivity index (χ3n) is 1.96. The zero-order chi connectivity index (χ0) is 13.0. The maximum Gasteiger partial charge on any atom is 0.328 e. The van der Waals surface area contributed by atoms with E-state index in [0.29, 0.717) is 0 Å². The minimum Gasteiger partial charge on any atom is -0.480 e. The van der Waals surface area contributed by atoms with E-state index in [9.17, 15) is 13.6 Å². The number of carbonyl (C=O) groups is 1. The fraction of sp³-hybridized carbons (Fsp3) is 0.300. The first-order chi connectivity index (χ1) is 7.95. The molecule has 1 aromatic carbocycles. The fourth-order valence-electron chi connectivity index (χ4n) is 1.20. The highest BCUT2D eigenvalue weighted by atomic mass is 79.9. The maximum absolute atomic E-state index is 13.4. The van der Waals surface area contributed by atoms with E-state index in [1.165, 1.54) is 7.11 Å². The molecule has 0 fully saturated rings. The van der Waals surface area contributed by atoms with Crippen molar-refractivity contribution in [2.45, 2.75) is 6.04 Å². The molecule has 0 saturated carbocycles. The summed E-state index contributed by atoms with van der Waals surface area (Å²) in [6.07, 6.45) is 0. The third kappa shape index (κ3) is 3.64. The van der Waals surface area contributed by atoms with Crippen LogP contribution in [0.5, 0.6) is 0 Å². The Morgan fingerprint density at radius 1 is 1.53 bits per heavy atom. The van der Waals surface area contributed by atoms with Crippen molar-refractivity contribution in [3.63, 3.8) is 0 Å². The Kier molecular flexibility index (Phi) is 4.83. The van der Waals surface area contributed by atoms with Gasteiger partial charge in [0.05, 0.1) is 6.61 Å². The summed E-state index contributed by atoms with van der Waals surface area (Å²) in [5.74, 6) is -3.01. The Bertz CT molecular complexity index is 405. The molecule has 0 aliphatic rings. The highest BCUT2D eigenvalue weighted by Crippen LogP contribution is 2.24. The molecule has 7 heteroatoms. The first kappa shape index (κ1) is 13.9. The number of hydrogen-bond acceptors (Lipinski definition) is 3. The van der Waals surface area contributed by atoms with Crippen molar-refractivity contribution in [2.24, 2.45) is 0 Å². The van der Waals surface area contributed by atoms with E-state index >= 15 is 0 Å². The van der Waals surface area contributed by atoms with Gasteiger partial charge in [0.15, 0.2) is 0 Å². The Hall–Kier alpha value is -1.21. The molecule has 1 aromatic rings. The molecule has 2 N–H and O–H groups in total. The lowest BCUT2D eigenvalue weighted by Gasteiger charge is -2.16. The standard InChI is InChI=1S/C10H10BrF2NO3/c1-17-4-8(10(15)16)14-9-6(12)2-5(11)3-7(9)13/h2-3,8,14H,4H2,1H3,(H,15,16). The average Bonchev–Trinajstić information content (AvgIpc) is 2.21. The number of benzene rings is 1. The van der Waals surface area contributed by atoms with Gasteiger partial charge >= 0.3 is 5.97 Å². The summed E-state index contributed by atoms with van der Waals surface area (Å²) < 4.78 is 31.7. The number of anilines is 1. The SMILES string of the molecule is COCC(Nc1c(F)cc(Br)cc1F)C(=O)O. The Labute approximate surface area is 105 Å². The van der Waals surface area contributed by atoms with Crippen molar-refractivity contribution in [2.75, 3.05) is 19.0 Å². The second-order valence-corrected chi connectivity index (χ2v) is 4.15. The topological polar surface area (TPSA) is 58.6 Å². The van der Waals surface area contributed by atoms with E-state index in [0.717, 1.165) is 12.1 Å². The minimum absolute atomic E-state index is 0.204. The summed E-state index contributed by atoms with van der Waals surface area (Å²) in [5.41, 5.74) is -0.488. The minimum atomic E-state index is -1.26. The summed E-state index contributed by atoms with van der Waals surface area (Å²) in [6, 6.07) is 0.860. The summed E-state index contributed by atoms with van der Waals surface area (Å²) in [5, 5.41) is 11.1. The largest absolute Gasteiger partial charge is 0.480 e. The second kappa shape index (κ2) is 5.92. The van der Waals surface area contributed by atoms with Crippen LogP contribution in [0.2, 0.25) is 0 Å². The van der Waals surface area contributed by atoms with Gasteiger partial charge in [0, 0.05) is 11.6 Å². The molecule has 0 spiro atoms. The Morgan fingerprint density at radius 3 is 2.47 bits per heavy atom. The molecule has 0 saturated heterocycles. The summed E-state index contributed by atoms with van der Waals surface area (Å²) in [4.78, 5) is 10.8. The van der Waals surface area contributed by atoms with E-state index in [2.05, 4.69) is 26.0 Å². The van der Waals surface area contributed by atoms with Crippen LogP contribution in [0, 0.1) is 11.6 Å². The van der Waals surface area contributed by atoms with Crippen LogP contribution in [-0.4, -0.2) is 30.8 Å². The zero-order valence-electron chi connectivity index (χ0n) is 8.84. The molecule has 0 aliphatic heterocycles. The maximum atomic E-state index is 13.4. The van der Waals surface area contributed by atoms with Crippen LogP contribution in [0.15, 0.2) is 16.6 Å². The fourth-order valence-corrected chi connectivity index (χ4v) is 1.60. The molecule has 0 heterocycles. The molecule has 0 bridgehead atoms. The van der Waals surface area contributed by atoms with Crippen molar-refractivity contribution >= 4 is 27.6 Å². The Balaban J connectivity index is 2.97. The molecule has 0 aromatic heterocycles. The van der Waals surface area contributed by atoms with Gasteiger partial charge in [0.2, 0.25) is 0 Å². The lowest BCUT2D eigenvalue weighted by Crippen LogP contribution is -2.34.